The van der Waals surface area contributed by atoms with Crippen LogP contribution in [0.4, 0.5) is 0 Å². The van der Waals surface area contributed by atoms with Crippen LogP contribution in [-0.2, 0) is 0 Å². The van der Waals surface area contributed by atoms with Gasteiger partial charge in [-0.15, -0.1) is 0 Å². The molecule has 0 aliphatic rings. The summed E-state index contributed by atoms with van der Waals surface area (Å²) in [6.07, 6.45) is 84.0. The molecule has 0 heterocycles. The molecule has 0 radical (unpaired) electrons. The molecule has 0 atom stereocenters. The molecule has 0 fully saturated rings. The Balaban J connectivity index is 4.94. The molecule has 0 bridgehead atoms. The molecule has 0 aromatic heterocycles. The van der Waals surface area contributed by atoms with Crippen molar-refractivity contribution in [2.75, 3.05) is 0 Å². The van der Waals surface area contributed by atoms with Crippen molar-refractivity contribution in [3.63, 3.8) is 0 Å². The second-order valence-corrected chi connectivity index (χ2v) is 33.4. The van der Waals surface area contributed by atoms with Crippen molar-refractivity contribution in [3.05, 3.63) is 0 Å². The van der Waals surface area contributed by atoms with Crippen molar-refractivity contribution in [1.29, 1.82) is 0 Å². The van der Waals surface area contributed by atoms with E-state index >= 15 is 0 Å². The Bertz CT molecular complexity index is 670. The van der Waals surface area contributed by atoms with E-state index in [1.54, 1.807) is 72.4 Å². The quantitative estimate of drug-likeness (QED) is 0.0421. The third-order valence-corrected chi connectivity index (χ3v) is 28.1. The van der Waals surface area contributed by atoms with Crippen LogP contribution in [0.15, 0.2) is 0 Å². The van der Waals surface area contributed by atoms with E-state index in [1.165, 1.54) is 308 Å². The molecule has 0 unspecified atom stereocenters. The zero-order valence-corrected chi connectivity index (χ0v) is 49.0. The molecule has 1 heteroatoms. The van der Waals surface area contributed by atoms with Gasteiger partial charge in [0, 0.05) is 0 Å². The van der Waals surface area contributed by atoms with Gasteiger partial charge >= 0.3 is 317 Å². The average Bonchev–Trinajstić information content (AvgIpc) is 3.32. The van der Waals surface area contributed by atoms with Gasteiger partial charge in [0.25, 0.3) is 0 Å². The van der Waals surface area contributed by atoms with Gasteiger partial charge in [0.1, 0.15) is 0 Å². The van der Waals surface area contributed by atoms with Crippen molar-refractivity contribution in [3.8, 4) is 0 Å². The Kier molecular flexibility index (Phi) is 59.3. The minimum absolute atomic E-state index is 1.38. The molecule has 0 aliphatic heterocycles. The topological polar surface area (TPSA) is 0 Å². The Morgan fingerprint density at radius 3 is 0.323 bits per heavy atom. The molecule has 0 aromatic rings. The van der Waals surface area contributed by atoms with Gasteiger partial charge in [-0.2, -0.15) is 0 Å². The summed E-state index contributed by atoms with van der Waals surface area (Å²) in [6, 6.07) is 0. The summed E-state index contributed by atoms with van der Waals surface area (Å²) in [4.78, 5) is 0. The smallest absolute Gasteiger partial charge is 0.0654 e. The maximum atomic E-state index is 2.34. The molecule has 0 rings (SSSR count). The molecule has 0 amide bonds. The van der Waals surface area contributed by atoms with Crippen LogP contribution in [0, 0.1) is 0 Å². The number of hydrogen-bond donors (Lipinski definition) is 0. The second kappa shape index (κ2) is 58.9. The Labute approximate surface area is 419 Å². The minimum atomic E-state index is -1.86. The van der Waals surface area contributed by atoms with E-state index in [1.807, 2.05) is 0 Å². The van der Waals surface area contributed by atoms with Gasteiger partial charge in [0.2, 0.25) is 0 Å². The first-order valence-corrected chi connectivity index (χ1v) is 38.2. The number of hydrogen-bond acceptors (Lipinski definition) is 0. The monoisotopic (exact) mass is 975 g/mol. The van der Waals surface area contributed by atoms with E-state index in [2.05, 4.69) is 27.7 Å². The molecule has 392 valence electrons. The summed E-state index contributed by atoms with van der Waals surface area (Å²) < 4.78 is 0. The minimum Gasteiger partial charge on any atom is -0.0654 e. The SMILES string of the molecule is CCCCCCCCCCCCCCC[CH2][Ge]([CH2]CCCCCCCCCCCCCCC)([CH2]CCCCCCCCCCCCCCC)[CH2]CCCCCCCCCCCCCCC. The van der Waals surface area contributed by atoms with Crippen molar-refractivity contribution >= 4 is 13.3 Å². The molecule has 0 saturated heterocycles. The molecule has 65 heavy (non-hydrogen) atoms. The van der Waals surface area contributed by atoms with Crippen LogP contribution in [-0.4, -0.2) is 13.3 Å². The Morgan fingerprint density at radius 2 is 0.215 bits per heavy atom. The van der Waals surface area contributed by atoms with Gasteiger partial charge in [-0.3, -0.25) is 0 Å². The summed E-state index contributed by atoms with van der Waals surface area (Å²) in [6.45, 7) is 9.35. The zero-order chi connectivity index (χ0) is 46.9. The van der Waals surface area contributed by atoms with Crippen LogP contribution in [0.3, 0.4) is 0 Å². The Hall–Kier alpha value is 0.543. The van der Waals surface area contributed by atoms with Crippen LogP contribution in [0.5, 0.6) is 0 Å². The van der Waals surface area contributed by atoms with Gasteiger partial charge < -0.3 is 0 Å². The zero-order valence-electron chi connectivity index (χ0n) is 46.9. The molecule has 0 nitrogen and oxygen atoms in total. The average molecular weight is 974 g/mol. The summed E-state index contributed by atoms with van der Waals surface area (Å²) in [5, 5.41) is 6.97. The van der Waals surface area contributed by atoms with Crippen LogP contribution in [0.25, 0.3) is 0 Å². The van der Waals surface area contributed by atoms with E-state index < -0.39 is 13.3 Å². The third-order valence-electron chi connectivity index (χ3n) is 16.2. The Morgan fingerprint density at radius 1 is 0.123 bits per heavy atom. The predicted octanol–water partition coefficient (Wildman–Crippen LogP) is 25.4. The van der Waals surface area contributed by atoms with Crippen molar-refractivity contribution in [2.24, 2.45) is 0 Å². The first-order valence-electron chi connectivity index (χ1n) is 32.2. The molecular weight excluding hydrogens is 841 g/mol. The van der Waals surface area contributed by atoms with Gasteiger partial charge in [-0.25, -0.2) is 0 Å². The van der Waals surface area contributed by atoms with Crippen LogP contribution in [0.2, 0.25) is 21.0 Å². The fourth-order valence-corrected chi connectivity index (χ4v) is 23.1. The molecule has 0 spiro atoms. The van der Waals surface area contributed by atoms with Crippen molar-refractivity contribution in [1.82, 2.24) is 0 Å². The van der Waals surface area contributed by atoms with E-state index in [4.69, 9.17) is 0 Å². The second-order valence-electron chi connectivity index (χ2n) is 22.9. The fraction of sp³-hybridized carbons (Fsp3) is 1.00. The van der Waals surface area contributed by atoms with Crippen LogP contribution < -0.4 is 0 Å². The summed E-state index contributed by atoms with van der Waals surface area (Å²) >= 11 is -1.86. The van der Waals surface area contributed by atoms with E-state index in [0.29, 0.717) is 0 Å². The van der Waals surface area contributed by atoms with E-state index in [-0.39, 0.29) is 0 Å². The van der Waals surface area contributed by atoms with Crippen molar-refractivity contribution in [2.45, 2.75) is 408 Å². The summed E-state index contributed by atoms with van der Waals surface area (Å²) in [5.74, 6) is 0. The molecule has 0 saturated carbocycles. The molecule has 0 N–H and O–H groups in total. The first kappa shape index (κ1) is 65.5. The van der Waals surface area contributed by atoms with Gasteiger partial charge in [0.15, 0.2) is 0 Å². The van der Waals surface area contributed by atoms with Gasteiger partial charge in [-0.05, 0) is 0 Å². The molecule has 0 aromatic carbocycles. The summed E-state index contributed by atoms with van der Waals surface area (Å²) in [5.41, 5.74) is 0. The van der Waals surface area contributed by atoms with E-state index in [0.717, 1.165) is 0 Å². The van der Waals surface area contributed by atoms with Crippen molar-refractivity contribution < 1.29 is 0 Å². The number of unbranched alkanes of at least 4 members (excludes halogenated alkanes) is 52. The maximum absolute atomic E-state index is 2.34. The standard InChI is InChI=1S/C64H132Ge/c1-5-9-13-17-21-25-29-33-37-41-45-49-53-57-61-65(62-58-54-50-46-42-38-34-30-26-22-18-14-10-6-2,63-59-55-51-47-43-39-35-31-27-23-19-15-11-7-3)64-60-56-52-48-44-40-36-32-28-24-20-16-12-8-4/h5-64H2,1-4H3. The molecule has 0 aliphatic carbocycles. The van der Waals surface area contributed by atoms with Crippen LogP contribution in [0.1, 0.15) is 387 Å². The number of rotatable bonds is 60. The van der Waals surface area contributed by atoms with Crippen LogP contribution >= 0.6 is 0 Å². The van der Waals surface area contributed by atoms with Gasteiger partial charge in [0.05, 0.1) is 0 Å². The third kappa shape index (κ3) is 53.7. The first-order chi connectivity index (χ1) is 32.2. The predicted molar refractivity (Wildman–Crippen MR) is 306 cm³/mol. The van der Waals surface area contributed by atoms with Gasteiger partial charge in [-0.1, -0.05) is 105 Å². The van der Waals surface area contributed by atoms with E-state index in [9.17, 15) is 0 Å². The molecular formula is C64H132Ge. The normalized spacial score (nSPS) is 12.0. The fourth-order valence-electron chi connectivity index (χ4n) is 11.5. The summed E-state index contributed by atoms with van der Waals surface area (Å²) in [7, 11) is 0.